The molecule has 41 heavy (non-hydrogen) atoms. The zero-order valence-corrected chi connectivity index (χ0v) is 26.2. The lowest BCUT2D eigenvalue weighted by Crippen LogP contribution is -2.52. The maximum absolute atomic E-state index is 13.9. The van der Waals surface area contributed by atoms with Gasteiger partial charge in [0.1, 0.15) is 18.3 Å². The van der Waals surface area contributed by atoms with Gasteiger partial charge < -0.3 is 15.0 Å². The largest absolute Gasteiger partial charge is 0.494 e. The quantitative estimate of drug-likeness (QED) is 0.223. The summed E-state index contributed by atoms with van der Waals surface area (Å²) >= 11 is 3.34. The van der Waals surface area contributed by atoms with Crippen LogP contribution in [0.4, 0.5) is 5.69 Å². The van der Waals surface area contributed by atoms with Crippen LogP contribution in [0.2, 0.25) is 0 Å². The number of carbonyl (C=O) groups excluding carboxylic acids is 2. The van der Waals surface area contributed by atoms with Gasteiger partial charge >= 0.3 is 0 Å². The summed E-state index contributed by atoms with van der Waals surface area (Å²) in [7, 11) is -4.13. The van der Waals surface area contributed by atoms with Crippen LogP contribution in [0.15, 0.2) is 88.2 Å². The van der Waals surface area contributed by atoms with Crippen LogP contribution in [-0.4, -0.2) is 57.4 Å². The number of anilines is 1. The van der Waals surface area contributed by atoms with Crippen LogP contribution in [0.25, 0.3) is 0 Å². The summed E-state index contributed by atoms with van der Waals surface area (Å²) in [4.78, 5) is 28.5. The van der Waals surface area contributed by atoms with Gasteiger partial charge in [0.15, 0.2) is 0 Å². The summed E-state index contributed by atoms with van der Waals surface area (Å²) < 4.78 is 35.1. The monoisotopic (exact) mass is 643 g/mol. The van der Waals surface area contributed by atoms with E-state index in [2.05, 4.69) is 21.2 Å². The Morgan fingerprint density at radius 1 is 0.951 bits per heavy atom. The van der Waals surface area contributed by atoms with E-state index >= 15 is 0 Å². The van der Waals surface area contributed by atoms with Gasteiger partial charge in [-0.15, -0.1) is 0 Å². The molecule has 0 radical (unpaired) electrons. The van der Waals surface area contributed by atoms with Gasteiger partial charge in [-0.1, -0.05) is 59.6 Å². The molecule has 0 saturated carbocycles. The number of hydrogen-bond acceptors (Lipinski definition) is 5. The molecule has 3 aromatic rings. The minimum atomic E-state index is -4.13. The molecule has 8 nitrogen and oxygen atoms in total. The average molecular weight is 645 g/mol. The van der Waals surface area contributed by atoms with Crippen LogP contribution < -0.4 is 14.4 Å². The first-order valence-electron chi connectivity index (χ1n) is 13.8. The molecule has 2 amide bonds. The highest BCUT2D eigenvalue weighted by Gasteiger charge is 2.32. The molecule has 0 fully saturated rings. The van der Waals surface area contributed by atoms with Gasteiger partial charge in [0.05, 0.1) is 17.2 Å². The van der Waals surface area contributed by atoms with Gasteiger partial charge in [0.25, 0.3) is 10.0 Å². The predicted octanol–water partition coefficient (Wildman–Crippen LogP) is 5.42. The standard InChI is InChI=1S/C31H38BrN3O5S/c1-4-6-21-33-31(37)24(3)34(22-20-25-10-8-7-9-11-25)30(36)23-35(27-14-16-28(17-15-27)40-5-2)41(38,39)29-18-12-26(32)13-19-29/h7-19,24H,4-6,20-23H2,1-3H3,(H,33,37)/t24-/m0/s1. The van der Waals surface area contributed by atoms with E-state index in [4.69, 9.17) is 4.74 Å². The van der Waals surface area contributed by atoms with Crippen LogP contribution in [0, 0.1) is 0 Å². The molecular weight excluding hydrogens is 606 g/mol. The molecule has 0 bridgehead atoms. The number of ether oxygens (including phenoxy) is 1. The normalized spacial score (nSPS) is 11.9. The molecule has 3 aromatic carbocycles. The first-order chi connectivity index (χ1) is 19.7. The number of carbonyl (C=O) groups is 2. The number of unbranched alkanes of at least 4 members (excludes halogenated alkanes) is 1. The van der Waals surface area contributed by atoms with Crippen molar-refractivity contribution in [1.29, 1.82) is 0 Å². The van der Waals surface area contributed by atoms with Gasteiger partial charge in [0, 0.05) is 17.6 Å². The predicted molar refractivity (Wildman–Crippen MR) is 166 cm³/mol. The lowest BCUT2D eigenvalue weighted by atomic mass is 10.1. The molecule has 0 saturated heterocycles. The van der Waals surface area contributed by atoms with Crippen molar-refractivity contribution in [1.82, 2.24) is 10.2 Å². The zero-order chi connectivity index (χ0) is 29.8. The number of nitrogens with zero attached hydrogens (tertiary/aromatic N) is 2. The molecule has 0 aliphatic rings. The van der Waals surface area contributed by atoms with Crippen molar-refractivity contribution in [2.45, 2.75) is 51.0 Å². The van der Waals surface area contributed by atoms with E-state index in [1.54, 1.807) is 43.3 Å². The second-order valence-corrected chi connectivity index (χ2v) is 12.3. The molecule has 0 aliphatic carbocycles. The fraction of sp³-hybridized carbons (Fsp3) is 0.355. The summed E-state index contributed by atoms with van der Waals surface area (Å²) in [5.41, 5.74) is 1.32. The number of sulfonamides is 1. The summed E-state index contributed by atoms with van der Waals surface area (Å²) in [5, 5.41) is 2.90. The van der Waals surface area contributed by atoms with Crippen LogP contribution in [0.5, 0.6) is 5.75 Å². The number of hydrogen-bond donors (Lipinski definition) is 1. The van der Waals surface area contributed by atoms with E-state index in [9.17, 15) is 18.0 Å². The lowest BCUT2D eigenvalue weighted by Gasteiger charge is -2.32. The SMILES string of the molecule is CCCCNC(=O)[C@H](C)N(CCc1ccccc1)C(=O)CN(c1ccc(OCC)cc1)S(=O)(=O)c1ccc(Br)cc1. The maximum atomic E-state index is 13.9. The highest BCUT2D eigenvalue weighted by molar-refractivity contribution is 9.10. The molecular formula is C31H38BrN3O5S. The zero-order valence-electron chi connectivity index (χ0n) is 23.8. The average Bonchev–Trinajstić information content (AvgIpc) is 2.97. The number of rotatable bonds is 15. The minimum absolute atomic E-state index is 0.0450. The van der Waals surface area contributed by atoms with Crippen molar-refractivity contribution in [3.8, 4) is 5.75 Å². The van der Waals surface area contributed by atoms with Crippen LogP contribution >= 0.6 is 15.9 Å². The second kappa shape index (κ2) is 15.6. The van der Waals surface area contributed by atoms with Gasteiger partial charge in [-0.05, 0) is 80.8 Å². The minimum Gasteiger partial charge on any atom is -0.494 e. The van der Waals surface area contributed by atoms with Crippen LogP contribution in [0.1, 0.15) is 39.2 Å². The van der Waals surface area contributed by atoms with E-state index < -0.39 is 28.5 Å². The van der Waals surface area contributed by atoms with Crippen molar-refractivity contribution in [3.63, 3.8) is 0 Å². The van der Waals surface area contributed by atoms with Crippen molar-refractivity contribution in [2.24, 2.45) is 0 Å². The number of nitrogens with one attached hydrogen (secondary N) is 1. The molecule has 3 rings (SSSR count). The van der Waals surface area contributed by atoms with Crippen LogP contribution in [0.3, 0.4) is 0 Å². The third-order valence-corrected chi connectivity index (χ3v) is 8.91. The number of halogens is 1. The molecule has 0 aromatic heterocycles. The van der Waals surface area contributed by atoms with Crippen molar-refractivity contribution in [3.05, 3.63) is 88.9 Å². The Morgan fingerprint density at radius 2 is 1.61 bits per heavy atom. The van der Waals surface area contributed by atoms with Crippen molar-refractivity contribution >= 4 is 43.5 Å². The number of benzene rings is 3. The Hall–Kier alpha value is -3.37. The van der Waals surface area contributed by atoms with Gasteiger partial charge in [0.2, 0.25) is 11.8 Å². The Labute approximate surface area is 251 Å². The maximum Gasteiger partial charge on any atom is 0.264 e. The van der Waals surface area contributed by atoms with Gasteiger partial charge in [-0.2, -0.15) is 0 Å². The lowest BCUT2D eigenvalue weighted by molar-refractivity contribution is -0.138. The third kappa shape index (κ3) is 9.06. The first-order valence-corrected chi connectivity index (χ1v) is 16.0. The van der Waals surface area contributed by atoms with Gasteiger partial charge in [-0.25, -0.2) is 8.42 Å². The molecule has 1 atom stereocenters. The molecule has 1 N–H and O–H groups in total. The Kier molecular flexibility index (Phi) is 12.2. The van der Waals surface area contributed by atoms with Crippen molar-refractivity contribution in [2.75, 3.05) is 30.5 Å². The Morgan fingerprint density at radius 3 is 2.22 bits per heavy atom. The summed E-state index contributed by atoms with van der Waals surface area (Å²) in [5.74, 6) is -0.165. The smallest absolute Gasteiger partial charge is 0.264 e. The number of amides is 2. The summed E-state index contributed by atoms with van der Waals surface area (Å²) in [6.45, 7) is 6.32. The molecule has 0 heterocycles. The van der Waals surface area contributed by atoms with E-state index in [0.29, 0.717) is 31.0 Å². The van der Waals surface area contributed by atoms with Crippen molar-refractivity contribution < 1.29 is 22.7 Å². The summed E-state index contributed by atoms with van der Waals surface area (Å²) in [6.07, 6.45) is 2.27. The molecule has 0 aliphatic heterocycles. The Balaban J connectivity index is 1.95. The van der Waals surface area contributed by atoms with E-state index in [1.165, 1.54) is 17.0 Å². The molecule has 220 valence electrons. The highest BCUT2D eigenvalue weighted by Crippen LogP contribution is 2.27. The van der Waals surface area contributed by atoms with E-state index in [1.807, 2.05) is 44.2 Å². The highest BCUT2D eigenvalue weighted by atomic mass is 79.9. The fourth-order valence-corrected chi connectivity index (χ4v) is 5.92. The van der Waals surface area contributed by atoms with Gasteiger partial charge in [-0.3, -0.25) is 13.9 Å². The molecule has 0 unspecified atom stereocenters. The molecule has 10 heteroatoms. The van der Waals surface area contributed by atoms with E-state index in [-0.39, 0.29) is 17.3 Å². The Bertz CT molecular complexity index is 1370. The third-order valence-electron chi connectivity index (χ3n) is 6.60. The van der Waals surface area contributed by atoms with E-state index in [0.717, 1.165) is 27.2 Å². The topological polar surface area (TPSA) is 96.0 Å². The first kappa shape index (κ1) is 32.1. The van der Waals surface area contributed by atoms with Crippen LogP contribution in [-0.2, 0) is 26.0 Å². The fourth-order valence-electron chi connectivity index (χ4n) is 4.24. The summed E-state index contributed by atoms with van der Waals surface area (Å²) in [6, 6.07) is 21.7. The molecule has 0 spiro atoms. The second-order valence-electron chi connectivity index (χ2n) is 9.54.